The van der Waals surface area contributed by atoms with E-state index >= 15 is 0 Å². The highest BCUT2D eigenvalue weighted by atomic mass is 16.9. The number of unbranched alkanes of at least 4 members (excludes halogenated alkanes) is 3. The Morgan fingerprint density at radius 2 is 1.94 bits per heavy atom. The standard InChI is InChI=1S/C25H37NO5/c1-17(2)20-11-10-18(3)14-21(20)24-22(15-19(27)16-23(24)28)25(4,5)12-8-6-7-9-13-31-26(29)30/h14-16,20-21,27-28H,1,6-13H2,2-5H3/t20-,21+/m0/s1. The number of phenolic OH excluding ortho intramolecular Hbond substituents is 2. The molecule has 0 heterocycles. The molecule has 6 heteroatoms. The summed E-state index contributed by atoms with van der Waals surface area (Å²) in [6.45, 7) is 12.8. The van der Waals surface area contributed by atoms with Crippen LogP contribution in [0.5, 0.6) is 11.5 Å². The average molecular weight is 432 g/mol. The van der Waals surface area contributed by atoms with E-state index in [1.54, 1.807) is 6.07 Å². The van der Waals surface area contributed by atoms with E-state index in [4.69, 9.17) is 0 Å². The van der Waals surface area contributed by atoms with Gasteiger partial charge in [-0.3, -0.25) is 0 Å². The Kier molecular flexibility index (Phi) is 8.54. The monoisotopic (exact) mass is 431 g/mol. The molecule has 0 bridgehead atoms. The minimum Gasteiger partial charge on any atom is -0.508 e. The van der Waals surface area contributed by atoms with Crippen LogP contribution in [0, 0.1) is 16.0 Å². The number of aromatic hydroxyl groups is 2. The number of phenols is 2. The summed E-state index contributed by atoms with van der Waals surface area (Å²) in [5, 5.41) is 30.6. The molecule has 0 aromatic heterocycles. The molecular weight excluding hydrogens is 394 g/mol. The molecule has 1 aliphatic rings. The summed E-state index contributed by atoms with van der Waals surface area (Å²) in [4.78, 5) is 14.6. The van der Waals surface area contributed by atoms with Crippen molar-refractivity contribution in [1.82, 2.24) is 0 Å². The third-order valence-electron chi connectivity index (χ3n) is 6.48. The van der Waals surface area contributed by atoms with Crippen LogP contribution in [0.15, 0.2) is 35.9 Å². The molecule has 172 valence electrons. The van der Waals surface area contributed by atoms with Crippen molar-refractivity contribution < 1.29 is 20.1 Å². The molecule has 1 aliphatic carbocycles. The van der Waals surface area contributed by atoms with Crippen LogP contribution in [0.4, 0.5) is 0 Å². The van der Waals surface area contributed by atoms with Gasteiger partial charge in [0.05, 0.1) is 6.61 Å². The molecule has 31 heavy (non-hydrogen) atoms. The first kappa shape index (κ1) is 24.8. The lowest BCUT2D eigenvalue weighted by Gasteiger charge is -2.36. The van der Waals surface area contributed by atoms with Gasteiger partial charge in [-0.2, -0.15) is 0 Å². The molecule has 0 radical (unpaired) electrons. The Labute approximate surface area is 185 Å². The molecule has 2 N–H and O–H groups in total. The molecule has 6 nitrogen and oxygen atoms in total. The predicted molar refractivity (Wildman–Crippen MR) is 123 cm³/mol. The van der Waals surface area contributed by atoms with E-state index in [1.807, 2.05) is 0 Å². The maximum Gasteiger partial charge on any atom is 0.294 e. The van der Waals surface area contributed by atoms with Crippen LogP contribution in [0.2, 0.25) is 0 Å². The van der Waals surface area contributed by atoms with Crippen molar-refractivity contribution in [3.63, 3.8) is 0 Å². The SMILES string of the molecule is C=C(C)[C@@H]1CCC(C)=C[C@H]1c1c(O)cc(O)cc1C(C)(C)CCCCCCO[N+](=O)[O-]. The van der Waals surface area contributed by atoms with Gasteiger partial charge in [0.15, 0.2) is 0 Å². The van der Waals surface area contributed by atoms with Crippen LogP contribution in [0.3, 0.4) is 0 Å². The van der Waals surface area contributed by atoms with Crippen molar-refractivity contribution >= 4 is 0 Å². The summed E-state index contributed by atoms with van der Waals surface area (Å²) in [5.41, 5.74) is 4.05. The van der Waals surface area contributed by atoms with E-state index in [0.29, 0.717) is 6.42 Å². The maximum absolute atomic E-state index is 10.9. The zero-order valence-electron chi connectivity index (χ0n) is 19.3. The van der Waals surface area contributed by atoms with Gasteiger partial charge in [0.25, 0.3) is 5.09 Å². The normalized spacial score (nSPS) is 19.0. The Morgan fingerprint density at radius 3 is 2.58 bits per heavy atom. The molecule has 0 aliphatic heterocycles. The number of rotatable bonds is 11. The lowest BCUT2D eigenvalue weighted by molar-refractivity contribution is -0.757. The Hall–Kier alpha value is -2.50. The number of benzene rings is 1. The van der Waals surface area contributed by atoms with Crippen molar-refractivity contribution in [2.75, 3.05) is 6.61 Å². The van der Waals surface area contributed by atoms with Crippen molar-refractivity contribution in [3.05, 3.63) is 57.2 Å². The Balaban J connectivity index is 2.22. The molecule has 0 saturated carbocycles. The summed E-state index contributed by atoms with van der Waals surface area (Å²) in [6, 6.07) is 3.24. The summed E-state index contributed by atoms with van der Waals surface area (Å²) in [6.07, 6.45) is 8.60. The minimum absolute atomic E-state index is 0.0420. The van der Waals surface area contributed by atoms with Gasteiger partial charge >= 0.3 is 0 Å². The second kappa shape index (κ2) is 10.7. The van der Waals surface area contributed by atoms with Gasteiger partial charge in [-0.1, -0.05) is 56.9 Å². The predicted octanol–water partition coefficient (Wildman–Crippen LogP) is 6.55. The quantitative estimate of drug-likeness (QED) is 0.179. The van der Waals surface area contributed by atoms with E-state index in [-0.39, 0.29) is 35.4 Å². The molecular formula is C25H37NO5. The van der Waals surface area contributed by atoms with E-state index in [2.05, 4.69) is 45.2 Å². The van der Waals surface area contributed by atoms with E-state index in [9.17, 15) is 20.3 Å². The molecule has 2 rings (SSSR count). The number of hydrogen-bond donors (Lipinski definition) is 2. The van der Waals surface area contributed by atoms with Crippen LogP contribution in [-0.4, -0.2) is 21.9 Å². The van der Waals surface area contributed by atoms with Gasteiger partial charge in [-0.25, -0.2) is 0 Å². The molecule has 0 spiro atoms. The van der Waals surface area contributed by atoms with Crippen LogP contribution < -0.4 is 0 Å². The fourth-order valence-electron chi connectivity index (χ4n) is 4.74. The highest BCUT2D eigenvalue weighted by Gasteiger charge is 2.34. The van der Waals surface area contributed by atoms with Gasteiger partial charge in [-0.15, -0.1) is 10.1 Å². The molecule has 1 aromatic carbocycles. The topological polar surface area (TPSA) is 92.8 Å². The highest BCUT2D eigenvalue weighted by Crippen LogP contribution is 2.48. The summed E-state index contributed by atoms with van der Waals surface area (Å²) in [7, 11) is 0. The molecule has 0 unspecified atom stereocenters. The van der Waals surface area contributed by atoms with Crippen molar-refractivity contribution in [2.45, 2.75) is 84.0 Å². The summed E-state index contributed by atoms with van der Waals surface area (Å²) >= 11 is 0. The second-order valence-electron chi connectivity index (χ2n) is 9.56. The van der Waals surface area contributed by atoms with Crippen molar-refractivity contribution in [2.24, 2.45) is 5.92 Å². The first-order valence-electron chi connectivity index (χ1n) is 11.2. The van der Waals surface area contributed by atoms with Gasteiger partial charge < -0.3 is 15.1 Å². The van der Waals surface area contributed by atoms with E-state index in [0.717, 1.165) is 55.2 Å². The molecule has 0 amide bonds. The maximum atomic E-state index is 10.9. The molecule has 1 aromatic rings. The number of allylic oxidation sites excluding steroid dienone is 3. The second-order valence-corrected chi connectivity index (χ2v) is 9.56. The van der Waals surface area contributed by atoms with Crippen LogP contribution in [0.1, 0.15) is 89.7 Å². The van der Waals surface area contributed by atoms with Gasteiger partial charge in [0.2, 0.25) is 0 Å². The van der Waals surface area contributed by atoms with E-state index < -0.39 is 5.09 Å². The van der Waals surface area contributed by atoms with Gasteiger partial charge in [0, 0.05) is 17.5 Å². The Bertz CT molecular complexity index is 827. The van der Waals surface area contributed by atoms with Crippen LogP contribution in [-0.2, 0) is 10.3 Å². The highest BCUT2D eigenvalue weighted by molar-refractivity contribution is 5.53. The molecule has 0 saturated heterocycles. The third-order valence-corrected chi connectivity index (χ3v) is 6.48. The lowest BCUT2D eigenvalue weighted by Crippen LogP contribution is -2.24. The number of nitrogens with zero attached hydrogens (tertiary/aromatic N) is 1. The van der Waals surface area contributed by atoms with Gasteiger partial charge in [-0.05, 0) is 62.5 Å². The molecule has 2 atom stereocenters. The van der Waals surface area contributed by atoms with Crippen LogP contribution in [0.25, 0.3) is 0 Å². The fraction of sp³-hybridized carbons (Fsp3) is 0.600. The fourth-order valence-corrected chi connectivity index (χ4v) is 4.74. The first-order valence-corrected chi connectivity index (χ1v) is 11.2. The third kappa shape index (κ3) is 6.74. The van der Waals surface area contributed by atoms with Crippen LogP contribution >= 0.6 is 0 Å². The van der Waals surface area contributed by atoms with Gasteiger partial charge in [0.1, 0.15) is 11.5 Å². The largest absolute Gasteiger partial charge is 0.508 e. The Morgan fingerprint density at radius 1 is 1.26 bits per heavy atom. The smallest absolute Gasteiger partial charge is 0.294 e. The molecule has 0 fully saturated rings. The van der Waals surface area contributed by atoms with Crippen molar-refractivity contribution in [3.8, 4) is 11.5 Å². The van der Waals surface area contributed by atoms with Crippen molar-refractivity contribution in [1.29, 1.82) is 0 Å². The van der Waals surface area contributed by atoms with E-state index in [1.165, 1.54) is 11.6 Å². The average Bonchev–Trinajstić information content (AvgIpc) is 2.66. The minimum atomic E-state index is -0.751. The first-order chi connectivity index (χ1) is 14.5. The zero-order chi connectivity index (χ0) is 23.2. The lowest BCUT2D eigenvalue weighted by atomic mass is 9.68. The summed E-state index contributed by atoms with van der Waals surface area (Å²) < 4.78 is 0. The summed E-state index contributed by atoms with van der Waals surface area (Å²) in [5.74, 6) is 0.516. The zero-order valence-corrected chi connectivity index (χ0v) is 19.3. The number of hydrogen-bond acceptors (Lipinski definition) is 5.